The first kappa shape index (κ1) is 18.9. The predicted molar refractivity (Wildman–Crippen MR) is 106 cm³/mol. The van der Waals surface area contributed by atoms with Crippen LogP contribution in [0.3, 0.4) is 0 Å². The van der Waals surface area contributed by atoms with Crippen molar-refractivity contribution in [2.24, 2.45) is 0 Å². The Kier molecular flexibility index (Phi) is 5.86. The number of hydrogen-bond acceptors (Lipinski definition) is 5. The van der Waals surface area contributed by atoms with Gasteiger partial charge >= 0.3 is 5.63 Å². The summed E-state index contributed by atoms with van der Waals surface area (Å²) in [5.74, 6) is -0.367. The molecule has 0 aliphatic rings. The van der Waals surface area contributed by atoms with Crippen molar-refractivity contribution in [3.05, 3.63) is 83.2 Å². The third kappa shape index (κ3) is 4.64. The van der Waals surface area contributed by atoms with Crippen LogP contribution in [0.1, 0.15) is 10.4 Å². The molecule has 2 N–H and O–H groups in total. The van der Waals surface area contributed by atoms with Crippen molar-refractivity contribution in [1.82, 2.24) is 5.32 Å². The fourth-order valence-corrected chi connectivity index (χ4v) is 2.52. The maximum absolute atomic E-state index is 12.2. The van der Waals surface area contributed by atoms with Crippen LogP contribution in [-0.2, 0) is 4.79 Å². The molecule has 3 rings (SSSR count). The van der Waals surface area contributed by atoms with Gasteiger partial charge in [0.2, 0.25) is 0 Å². The van der Waals surface area contributed by atoms with Crippen LogP contribution in [0.4, 0.5) is 5.69 Å². The van der Waals surface area contributed by atoms with E-state index in [1.165, 1.54) is 6.07 Å². The zero-order valence-electron chi connectivity index (χ0n) is 14.9. The Morgan fingerprint density at radius 1 is 1.11 bits per heavy atom. The molecule has 2 amide bonds. The van der Waals surface area contributed by atoms with Gasteiger partial charge in [-0.1, -0.05) is 18.2 Å². The number of benzene rings is 2. The van der Waals surface area contributed by atoms with E-state index in [2.05, 4.69) is 17.2 Å². The van der Waals surface area contributed by atoms with Gasteiger partial charge in [-0.25, -0.2) is 4.79 Å². The fraction of sp³-hybridized carbons (Fsp3) is 0.0952. The second kappa shape index (κ2) is 8.68. The third-order valence-corrected chi connectivity index (χ3v) is 3.82. The summed E-state index contributed by atoms with van der Waals surface area (Å²) in [6, 6.07) is 14.6. The lowest BCUT2D eigenvalue weighted by Gasteiger charge is -2.11. The summed E-state index contributed by atoms with van der Waals surface area (Å²) < 4.78 is 10.6. The molecule has 0 bridgehead atoms. The first-order valence-electron chi connectivity index (χ1n) is 8.51. The van der Waals surface area contributed by atoms with Crippen LogP contribution in [0.2, 0.25) is 0 Å². The van der Waals surface area contributed by atoms with E-state index in [0.717, 1.165) is 5.39 Å². The Morgan fingerprint density at radius 2 is 1.89 bits per heavy atom. The fourth-order valence-electron chi connectivity index (χ4n) is 2.52. The van der Waals surface area contributed by atoms with Gasteiger partial charge in [-0.15, -0.1) is 6.58 Å². The van der Waals surface area contributed by atoms with Gasteiger partial charge in [0.25, 0.3) is 11.8 Å². The Hall–Kier alpha value is -3.87. The van der Waals surface area contributed by atoms with Crippen LogP contribution < -0.4 is 21.0 Å². The highest BCUT2D eigenvalue weighted by atomic mass is 16.5. The van der Waals surface area contributed by atoms with Crippen molar-refractivity contribution in [3.63, 3.8) is 0 Å². The standard InChI is InChI=1S/C21H18N2O5/c1-2-11-22-21(26)16-5-3-4-6-17(16)23-19(24)13-27-15-9-7-14-8-10-20(25)28-18(14)12-15/h2-10,12H,1,11,13H2,(H,22,26)(H,23,24). The highest BCUT2D eigenvalue weighted by Gasteiger charge is 2.13. The van der Waals surface area contributed by atoms with Crippen LogP contribution in [-0.4, -0.2) is 25.0 Å². The van der Waals surface area contributed by atoms with Gasteiger partial charge in [-0.2, -0.15) is 0 Å². The summed E-state index contributed by atoms with van der Waals surface area (Å²) in [7, 11) is 0. The molecule has 28 heavy (non-hydrogen) atoms. The first-order valence-corrected chi connectivity index (χ1v) is 8.51. The molecule has 1 aromatic heterocycles. The van der Waals surface area contributed by atoms with Crippen LogP contribution in [0, 0.1) is 0 Å². The molecule has 0 saturated heterocycles. The molecule has 0 fully saturated rings. The third-order valence-electron chi connectivity index (χ3n) is 3.82. The number of nitrogens with one attached hydrogen (secondary N) is 2. The molecule has 0 spiro atoms. The van der Waals surface area contributed by atoms with E-state index in [0.29, 0.717) is 29.1 Å². The molecular formula is C21H18N2O5. The summed E-state index contributed by atoms with van der Waals surface area (Å²) in [6.45, 7) is 3.60. The van der Waals surface area contributed by atoms with E-state index in [4.69, 9.17) is 9.15 Å². The molecule has 2 aromatic carbocycles. The number of amides is 2. The molecule has 7 heteroatoms. The highest BCUT2D eigenvalue weighted by Crippen LogP contribution is 2.20. The van der Waals surface area contributed by atoms with Crippen molar-refractivity contribution in [1.29, 1.82) is 0 Å². The number of carbonyl (C=O) groups excluding carboxylic acids is 2. The number of fused-ring (bicyclic) bond motifs is 1. The Labute approximate surface area is 160 Å². The zero-order chi connectivity index (χ0) is 19.9. The summed E-state index contributed by atoms with van der Waals surface area (Å²) >= 11 is 0. The van der Waals surface area contributed by atoms with Gasteiger partial charge in [-0.05, 0) is 30.3 Å². The predicted octanol–water partition coefficient (Wildman–Crippen LogP) is 2.73. The number of hydrogen-bond donors (Lipinski definition) is 2. The first-order chi connectivity index (χ1) is 13.6. The lowest BCUT2D eigenvalue weighted by atomic mass is 10.1. The number of para-hydroxylation sites is 1. The molecular weight excluding hydrogens is 360 g/mol. The Balaban J connectivity index is 1.66. The van der Waals surface area contributed by atoms with Crippen molar-refractivity contribution in [2.45, 2.75) is 0 Å². The van der Waals surface area contributed by atoms with Gasteiger partial charge in [-0.3, -0.25) is 9.59 Å². The molecule has 0 aliphatic heterocycles. The van der Waals surface area contributed by atoms with Crippen LogP contribution >= 0.6 is 0 Å². The lowest BCUT2D eigenvalue weighted by molar-refractivity contribution is -0.118. The van der Waals surface area contributed by atoms with Gasteiger partial charge < -0.3 is 19.8 Å². The van der Waals surface area contributed by atoms with Crippen LogP contribution in [0.5, 0.6) is 5.75 Å². The highest BCUT2D eigenvalue weighted by molar-refractivity contribution is 6.04. The van der Waals surface area contributed by atoms with Crippen molar-refractivity contribution >= 4 is 28.5 Å². The lowest BCUT2D eigenvalue weighted by Crippen LogP contribution is -2.26. The van der Waals surface area contributed by atoms with E-state index in [9.17, 15) is 14.4 Å². The second-order valence-electron chi connectivity index (χ2n) is 5.84. The van der Waals surface area contributed by atoms with Crippen molar-refractivity contribution in [3.8, 4) is 5.75 Å². The monoisotopic (exact) mass is 378 g/mol. The quantitative estimate of drug-likeness (QED) is 0.487. The van der Waals surface area contributed by atoms with E-state index in [-0.39, 0.29) is 12.5 Å². The molecule has 0 aliphatic carbocycles. The molecule has 7 nitrogen and oxygen atoms in total. The second-order valence-corrected chi connectivity index (χ2v) is 5.84. The van der Waals surface area contributed by atoms with Crippen LogP contribution in [0.15, 0.2) is 76.5 Å². The Morgan fingerprint density at radius 3 is 2.71 bits per heavy atom. The van der Waals surface area contributed by atoms with Gasteiger partial charge in [0.1, 0.15) is 11.3 Å². The summed E-state index contributed by atoms with van der Waals surface area (Å²) in [5.41, 5.74) is 0.621. The SMILES string of the molecule is C=CCNC(=O)c1ccccc1NC(=O)COc1ccc2ccc(=O)oc2c1. The van der Waals surface area contributed by atoms with Gasteiger partial charge in [0.05, 0.1) is 11.3 Å². The molecule has 0 saturated carbocycles. The maximum Gasteiger partial charge on any atom is 0.336 e. The average Bonchev–Trinajstić information content (AvgIpc) is 2.70. The molecule has 142 valence electrons. The molecule has 0 radical (unpaired) electrons. The minimum atomic E-state index is -0.464. The molecule has 3 aromatic rings. The zero-order valence-corrected chi connectivity index (χ0v) is 14.9. The summed E-state index contributed by atoms with van der Waals surface area (Å²) in [4.78, 5) is 35.7. The molecule has 0 unspecified atom stereocenters. The van der Waals surface area contributed by atoms with E-state index in [1.54, 1.807) is 54.6 Å². The minimum absolute atomic E-state index is 0.273. The topological polar surface area (TPSA) is 97.6 Å². The van der Waals surface area contributed by atoms with E-state index < -0.39 is 11.5 Å². The molecule has 0 atom stereocenters. The number of ether oxygens (including phenoxy) is 1. The average molecular weight is 378 g/mol. The van der Waals surface area contributed by atoms with E-state index in [1.807, 2.05) is 0 Å². The van der Waals surface area contributed by atoms with Crippen molar-refractivity contribution < 1.29 is 18.7 Å². The summed E-state index contributed by atoms with van der Waals surface area (Å²) in [6.07, 6.45) is 1.57. The normalized spacial score (nSPS) is 10.3. The van der Waals surface area contributed by atoms with E-state index >= 15 is 0 Å². The summed E-state index contributed by atoms with van der Waals surface area (Å²) in [5, 5.41) is 6.07. The van der Waals surface area contributed by atoms with Crippen molar-refractivity contribution in [2.75, 3.05) is 18.5 Å². The molecule has 1 heterocycles. The van der Waals surface area contributed by atoms with Crippen LogP contribution in [0.25, 0.3) is 11.0 Å². The van der Waals surface area contributed by atoms with Gasteiger partial charge in [0, 0.05) is 24.1 Å². The maximum atomic E-state index is 12.2. The number of anilines is 1. The Bertz CT molecular complexity index is 1090. The smallest absolute Gasteiger partial charge is 0.336 e. The number of carbonyl (C=O) groups is 2. The largest absolute Gasteiger partial charge is 0.484 e. The minimum Gasteiger partial charge on any atom is -0.484 e. The van der Waals surface area contributed by atoms with Gasteiger partial charge in [0.15, 0.2) is 6.61 Å². The number of rotatable bonds is 7.